The Balaban J connectivity index is 1.46. The van der Waals surface area contributed by atoms with E-state index in [-0.39, 0.29) is 29.6 Å². The number of nitrogens with zero attached hydrogens (tertiary/aromatic N) is 3. The molecule has 182 valence electrons. The molecule has 0 bridgehead atoms. The van der Waals surface area contributed by atoms with Crippen molar-refractivity contribution in [3.05, 3.63) is 35.9 Å². The first-order chi connectivity index (χ1) is 16.9. The maximum atomic E-state index is 15.4. The Morgan fingerprint density at radius 3 is 2.91 bits per heavy atom. The van der Waals surface area contributed by atoms with Crippen LogP contribution in [0.15, 0.2) is 24.5 Å². The average molecular weight is 481 g/mol. The molecule has 11 heteroatoms. The number of aromatic nitrogens is 2. The summed E-state index contributed by atoms with van der Waals surface area (Å²) in [5, 5.41) is 14.3. The van der Waals surface area contributed by atoms with Gasteiger partial charge in [-0.05, 0) is 36.4 Å². The summed E-state index contributed by atoms with van der Waals surface area (Å²) in [4.78, 5) is 22.2. The number of hydrogen-bond acceptors (Lipinski definition) is 8. The number of ether oxygens (including phenoxy) is 3. The zero-order valence-electron chi connectivity index (χ0n) is 19.0. The maximum absolute atomic E-state index is 15.4. The fourth-order valence-electron chi connectivity index (χ4n) is 5.22. The molecular weight excluding hydrogens is 457 g/mol. The Labute approximate surface area is 199 Å². The highest BCUT2D eigenvalue weighted by molar-refractivity contribution is 5.99. The summed E-state index contributed by atoms with van der Waals surface area (Å²) < 4.78 is 32.2. The van der Waals surface area contributed by atoms with Gasteiger partial charge in [-0.2, -0.15) is 0 Å². The number of nitrogen functional groups attached to an aromatic ring is 1. The van der Waals surface area contributed by atoms with Crippen molar-refractivity contribution in [2.45, 2.75) is 25.7 Å². The van der Waals surface area contributed by atoms with Gasteiger partial charge in [0.1, 0.15) is 18.1 Å². The third-order valence-corrected chi connectivity index (χ3v) is 7.01. The molecule has 0 spiro atoms. The predicted molar refractivity (Wildman–Crippen MR) is 126 cm³/mol. The first-order valence-electron chi connectivity index (χ1n) is 11.4. The van der Waals surface area contributed by atoms with Crippen LogP contribution in [0.25, 0.3) is 21.9 Å². The number of carbonyl (C=O) groups is 1. The fourth-order valence-corrected chi connectivity index (χ4v) is 5.22. The molecule has 0 unspecified atom stereocenters. The van der Waals surface area contributed by atoms with Crippen LogP contribution in [-0.2, 0) is 9.47 Å². The largest absolute Gasteiger partial charge is 0.474 e. The number of benzene rings is 1. The second kappa shape index (κ2) is 8.21. The summed E-state index contributed by atoms with van der Waals surface area (Å²) >= 11 is 0. The van der Waals surface area contributed by atoms with Gasteiger partial charge >= 0.3 is 6.09 Å². The van der Waals surface area contributed by atoms with Gasteiger partial charge in [0.2, 0.25) is 5.88 Å². The van der Waals surface area contributed by atoms with Crippen molar-refractivity contribution in [1.82, 2.24) is 9.97 Å². The van der Waals surface area contributed by atoms with E-state index in [1.54, 1.807) is 18.3 Å². The summed E-state index contributed by atoms with van der Waals surface area (Å²) in [6.07, 6.45) is 2.13. The molecule has 0 radical (unpaired) electrons. The van der Waals surface area contributed by atoms with E-state index in [1.807, 2.05) is 6.92 Å². The molecule has 3 aliphatic rings. The molecule has 3 atom stereocenters. The second-order valence-corrected chi connectivity index (χ2v) is 8.91. The Morgan fingerprint density at radius 1 is 1.23 bits per heavy atom. The van der Waals surface area contributed by atoms with E-state index in [0.717, 1.165) is 5.56 Å². The molecule has 2 aromatic heterocycles. The van der Waals surface area contributed by atoms with E-state index in [2.05, 4.69) is 15.3 Å². The smallest absolute Gasteiger partial charge is 0.413 e. The first-order valence-corrected chi connectivity index (χ1v) is 11.4. The minimum atomic E-state index is -1.14. The Hall–Kier alpha value is -3.70. The van der Waals surface area contributed by atoms with Crippen LogP contribution < -0.4 is 20.7 Å². The van der Waals surface area contributed by atoms with E-state index in [4.69, 9.17) is 19.9 Å². The van der Waals surface area contributed by atoms with Gasteiger partial charge < -0.3 is 30.4 Å². The molecule has 0 saturated carbocycles. The SMILES string of the molecule is Cc1c(-c2cc3cc(N(C(=O)O)[C@@H]4CO[C@H]5OCC[C@H]54)ncc3c(N)c2F)cnc2c1NCCO2. The fraction of sp³-hybridized carbons (Fsp3) is 0.375. The number of nitrogens with one attached hydrogen (secondary N) is 1. The van der Waals surface area contributed by atoms with E-state index in [9.17, 15) is 9.90 Å². The summed E-state index contributed by atoms with van der Waals surface area (Å²) in [7, 11) is 0. The first kappa shape index (κ1) is 21.8. The molecule has 4 N–H and O–H groups in total. The van der Waals surface area contributed by atoms with E-state index < -0.39 is 24.2 Å². The summed E-state index contributed by atoms with van der Waals surface area (Å²) in [6.45, 7) is 3.73. The van der Waals surface area contributed by atoms with Crippen molar-refractivity contribution in [2.24, 2.45) is 5.92 Å². The van der Waals surface area contributed by atoms with Crippen molar-refractivity contribution in [3.8, 4) is 17.0 Å². The van der Waals surface area contributed by atoms with Crippen molar-refractivity contribution in [3.63, 3.8) is 0 Å². The highest BCUT2D eigenvalue weighted by Gasteiger charge is 2.46. The Kier molecular flexibility index (Phi) is 5.11. The number of halogens is 1. The van der Waals surface area contributed by atoms with Crippen molar-refractivity contribution >= 4 is 34.1 Å². The normalized spacial score (nSPS) is 22.9. The monoisotopic (exact) mass is 481 g/mol. The van der Waals surface area contributed by atoms with Crippen LogP contribution in [0.1, 0.15) is 12.0 Å². The van der Waals surface area contributed by atoms with Crippen LogP contribution in [-0.4, -0.2) is 59.9 Å². The maximum Gasteiger partial charge on any atom is 0.413 e. The highest BCUT2D eigenvalue weighted by atomic mass is 19.1. The number of amides is 1. The number of nitrogens with two attached hydrogens (primary N) is 1. The van der Waals surface area contributed by atoms with Crippen LogP contribution in [0.3, 0.4) is 0 Å². The summed E-state index contributed by atoms with van der Waals surface area (Å²) in [5.41, 5.74) is 8.45. The molecule has 2 saturated heterocycles. The zero-order valence-corrected chi connectivity index (χ0v) is 19.0. The molecule has 10 nitrogen and oxygen atoms in total. The Morgan fingerprint density at radius 2 is 2.09 bits per heavy atom. The molecule has 0 aliphatic carbocycles. The lowest BCUT2D eigenvalue weighted by molar-refractivity contribution is -0.0905. The van der Waals surface area contributed by atoms with Gasteiger partial charge in [0.25, 0.3) is 0 Å². The second-order valence-electron chi connectivity index (χ2n) is 8.91. The summed E-state index contributed by atoms with van der Waals surface area (Å²) in [6, 6.07) is 2.84. The number of pyridine rings is 2. The van der Waals surface area contributed by atoms with Crippen LogP contribution >= 0.6 is 0 Å². The quantitative estimate of drug-likeness (QED) is 0.482. The summed E-state index contributed by atoms with van der Waals surface area (Å²) in [5.74, 6) is 0.0388. The number of anilines is 3. The van der Waals surface area contributed by atoms with Crippen LogP contribution in [0.4, 0.5) is 26.4 Å². The standard InChI is InChI=1S/C24H24FN5O5/c1-11-15(8-29-22-21(11)27-3-5-33-22)14-6-12-7-18(28-9-16(12)20(26)19(14)25)30(24(31)32)17-10-35-23-13(17)2-4-34-23/h6-9,13,17,23,27H,2-5,10,26H2,1H3,(H,31,32)/t13-,17+,23+/m0/s1. The van der Waals surface area contributed by atoms with Crippen molar-refractivity contribution < 1.29 is 28.5 Å². The third-order valence-electron chi connectivity index (χ3n) is 7.01. The van der Waals surface area contributed by atoms with Gasteiger partial charge in [0, 0.05) is 41.4 Å². The molecular formula is C24H24FN5O5. The number of carboxylic acid groups (broad SMARTS) is 1. The number of hydrogen-bond donors (Lipinski definition) is 3. The molecule has 6 rings (SSSR count). The lowest BCUT2D eigenvalue weighted by Crippen LogP contribution is -2.44. The molecule has 2 fully saturated rings. The molecule has 1 amide bonds. The number of rotatable bonds is 3. The zero-order chi connectivity index (χ0) is 24.3. The van der Waals surface area contributed by atoms with E-state index in [0.29, 0.717) is 54.1 Å². The van der Waals surface area contributed by atoms with Crippen LogP contribution in [0.2, 0.25) is 0 Å². The molecule has 5 heterocycles. The average Bonchev–Trinajstić information content (AvgIpc) is 3.47. The topological polar surface area (TPSA) is 132 Å². The lowest BCUT2D eigenvalue weighted by Gasteiger charge is -2.27. The van der Waals surface area contributed by atoms with Gasteiger partial charge in [0.15, 0.2) is 12.1 Å². The van der Waals surface area contributed by atoms with E-state index in [1.165, 1.54) is 11.1 Å². The highest BCUT2D eigenvalue weighted by Crippen LogP contribution is 2.41. The van der Waals surface area contributed by atoms with Crippen molar-refractivity contribution in [2.75, 3.05) is 42.3 Å². The van der Waals surface area contributed by atoms with Gasteiger partial charge in [0.05, 0.1) is 24.9 Å². The molecule has 35 heavy (non-hydrogen) atoms. The van der Waals surface area contributed by atoms with Gasteiger partial charge in [-0.15, -0.1) is 0 Å². The lowest BCUT2D eigenvalue weighted by atomic mass is 9.96. The minimum absolute atomic E-state index is 0.0618. The molecule has 1 aromatic carbocycles. The van der Waals surface area contributed by atoms with Gasteiger partial charge in [-0.3, -0.25) is 4.90 Å². The predicted octanol–water partition coefficient (Wildman–Crippen LogP) is 3.38. The third kappa shape index (κ3) is 3.41. The van der Waals surface area contributed by atoms with Gasteiger partial charge in [-0.1, -0.05) is 0 Å². The minimum Gasteiger partial charge on any atom is -0.474 e. The van der Waals surface area contributed by atoms with Crippen LogP contribution in [0, 0.1) is 18.7 Å². The molecule has 3 aromatic rings. The van der Waals surface area contributed by atoms with Crippen molar-refractivity contribution in [1.29, 1.82) is 0 Å². The number of fused-ring (bicyclic) bond motifs is 3. The van der Waals surface area contributed by atoms with Crippen LogP contribution in [0.5, 0.6) is 5.88 Å². The van der Waals surface area contributed by atoms with Gasteiger partial charge in [-0.25, -0.2) is 19.2 Å². The van der Waals surface area contributed by atoms with E-state index >= 15 is 4.39 Å². The Bertz CT molecular complexity index is 1350. The molecule has 3 aliphatic heterocycles.